The van der Waals surface area contributed by atoms with E-state index in [1.807, 2.05) is 0 Å². The Morgan fingerprint density at radius 1 is 1.32 bits per heavy atom. The molecule has 0 aliphatic heterocycles. The molecule has 0 amide bonds. The molecule has 0 saturated carbocycles. The van der Waals surface area contributed by atoms with E-state index in [-0.39, 0.29) is 5.75 Å². The van der Waals surface area contributed by atoms with Gasteiger partial charge in [0.2, 0.25) is 0 Å². The lowest BCUT2D eigenvalue weighted by Crippen LogP contribution is -2.27. The average Bonchev–Trinajstić information content (AvgIpc) is 2.77. The van der Waals surface area contributed by atoms with Gasteiger partial charge < -0.3 is 10.2 Å². The van der Waals surface area contributed by atoms with Gasteiger partial charge in [0, 0.05) is 6.42 Å². The lowest BCUT2D eigenvalue weighted by atomic mass is 9.88. The number of rotatable bonds is 4. The van der Waals surface area contributed by atoms with Gasteiger partial charge in [0.25, 0.3) is 0 Å². The van der Waals surface area contributed by atoms with Gasteiger partial charge in [-0.05, 0) is 38.1 Å². The van der Waals surface area contributed by atoms with Crippen molar-refractivity contribution in [2.45, 2.75) is 20.3 Å². The summed E-state index contributed by atoms with van der Waals surface area (Å²) in [6.45, 7) is 3.31. The molecule has 19 heavy (non-hydrogen) atoms. The fourth-order valence-corrected chi connectivity index (χ4v) is 1.72. The van der Waals surface area contributed by atoms with Crippen molar-refractivity contribution in [2.75, 3.05) is 0 Å². The SMILES string of the molecule is CC(C)(Cc1cnnn1-c1ccc(O)cc1)C(=O)O. The molecule has 1 aromatic carbocycles. The van der Waals surface area contributed by atoms with Crippen molar-refractivity contribution in [2.24, 2.45) is 5.41 Å². The molecule has 0 spiro atoms. The van der Waals surface area contributed by atoms with E-state index in [1.165, 1.54) is 0 Å². The molecule has 2 rings (SSSR count). The summed E-state index contributed by atoms with van der Waals surface area (Å²) in [7, 11) is 0. The second-order valence-electron chi connectivity index (χ2n) is 5.02. The number of hydrogen-bond donors (Lipinski definition) is 2. The van der Waals surface area contributed by atoms with Gasteiger partial charge in [0.15, 0.2) is 0 Å². The maximum absolute atomic E-state index is 11.2. The van der Waals surface area contributed by atoms with Crippen molar-refractivity contribution in [3.63, 3.8) is 0 Å². The van der Waals surface area contributed by atoms with Gasteiger partial charge in [0.05, 0.1) is 23.0 Å². The van der Waals surface area contributed by atoms with Gasteiger partial charge in [-0.25, -0.2) is 4.68 Å². The summed E-state index contributed by atoms with van der Waals surface area (Å²) in [5.74, 6) is -0.706. The highest BCUT2D eigenvalue weighted by molar-refractivity contribution is 5.73. The number of benzene rings is 1. The number of hydrogen-bond acceptors (Lipinski definition) is 4. The summed E-state index contributed by atoms with van der Waals surface area (Å²) in [5, 5.41) is 26.2. The Labute approximate surface area is 110 Å². The number of carbonyl (C=O) groups is 1. The first-order valence-corrected chi connectivity index (χ1v) is 5.82. The number of carboxylic acid groups (broad SMARTS) is 1. The number of phenols is 1. The summed E-state index contributed by atoms with van der Waals surface area (Å²) in [6, 6.07) is 6.48. The molecule has 100 valence electrons. The van der Waals surface area contributed by atoms with Crippen molar-refractivity contribution in [3.8, 4) is 11.4 Å². The Kier molecular flexibility index (Phi) is 3.25. The van der Waals surface area contributed by atoms with Crippen LogP contribution < -0.4 is 0 Å². The summed E-state index contributed by atoms with van der Waals surface area (Å²) in [4.78, 5) is 11.2. The summed E-state index contributed by atoms with van der Waals surface area (Å²) < 4.78 is 1.57. The smallest absolute Gasteiger partial charge is 0.309 e. The zero-order valence-corrected chi connectivity index (χ0v) is 10.7. The quantitative estimate of drug-likeness (QED) is 0.873. The second-order valence-corrected chi connectivity index (χ2v) is 5.02. The largest absolute Gasteiger partial charge is 0.508 e. The summed E-state index contributed by atoms with van der Waals surface area (Å²) >= 11 is 0. The molecule has 0 saturated heterocycles. The highest BCUT2D eigenvalue weighted by atomic mass is 16.4. The Balaban J connectivity index is 2.33. The molecule has 0 aliphatic rings. The molecule has 0 atom stereocenters. The number of aromatic nitrogens is 3. The molecule has 0 radical (unpaired) electrons. The van der Waals surface area contributed by atoms with Crippen LogP contribution in [-0.4, -0.2) is 31.2 Å². The van der Waals surface area contributed by atoms with Gasteiger partial charge >= 0.3 is 5.97 Å². The first-order valence-electron chi connectivity index (χ1n) is 5.82. The Morgan fingerprint density at radius 3 is 2.53 bits per heavy atom. The fourth-order valence-electron chi connectivity index (χ4n) is 1.72. The molecular formula is C13H15N3O3. The molecule has 0 unspecified atom stereocenters. The van der Waals surface area contributed by atoms with E-state index < -0.39 is 11.4 Å². The number of carboxylic acids is 1. The maximum atomic E-state index is 11.2. The highest BCUT2D eigenvalue weighted by Crippen LogP contribution is 2.23. The topological polar surface area (TPSA) is 88.2 Å². The van der Waals surface area contributed by atoms with Crippen molar-refractivity contribution >= 4 is 5.97 Å². The molecule has 2 aromatic rings. The van der Waals surface area contributed by atoms with Gasteiger partial charge in [0.1, 0.15) is 5.75 Å². The van der Waals surface area contributed by atoms with Gasteiger partial charge in [-0.15, -0.1) is 5.10 Å². The minimum atomic E-state index is -0.892. The first-order chi connectivity index (χ1) is 8.90. The van der Waals surface area contributed by atoms with E-state index in [9.17, 15) is 9.90 Å². The van der Waals surface area contributed by atoms with Crippen LogP contribution in [0.2, 0.25) is 0 Å². The Morgan fingerprint density at radius 2 is 1.95 bits per heavy atom. The third kappa shape index (κ3) is 2.73. The summed E-state index contributed by atoms with van der Waals surface area (Å²) in [5.41, 5.74) is 0.542. The Hall–Kier alpha value is -2.37. The second kappa shape index (κ2) is 4.72. The predicted octanol–water partition coefficient (Wildman–Crippen LogP) is 1.63. The van der Waals surface area contributed by atoms with Crippen LogP contribution >= 0.6 is 0 Å². The molecule has 0 aliphatic carbocycles. The summed E-state index contributed by atoms with van der Waals surface area (Å²) in [6.07, 6.45) is 1.87. The van der Waals surface area contributed by atoms with Crippen LogP contribution in [0.5, 0.6) is 5.75 Å². The van der Waals surface area contributed by atoms with Crippen LogP contribution in [-0.2, 0) is 11.2 Å². The highest BCUT2D eigenvalue weighted by Gasteiger charge is 2.29. The Bertz CT molecular complexity index is 587. The van der Waals surface area contributed by atoms with Gasteiger partial charge in [-0.3, -0.25) is 4.79 Å². The van der Waals surface area contributed by atoms with E-state index in [1.54, 1.807) is 49.0 Å². The zero-order valence-electron chi connectivity index (χ0n) is 10.7. The molecule has 6 heteroatoms. The van der Waals surface area contributed by atoms with Crippen LogP contribution in [0.1, 0.15) is 19.5 Å². The van der Waals surface area contributed by atoms with Crippen LogP contribution in [0.3, 0.4) is 0 Å². The van der Waals surface area contributed by atoms with E-state index in [0.29, 0.717) is 12.1 Å². The lowest BCUT2D eigenvalue weighted by Gasteiger charge is -2.18. The van der Waals surface area contributed by atoms with E-state index in [0.717, 1.165) is 5.69 Å². The van der Waals surface area contributed by atoms with Gasteiger partial charge in [-0.2, -0.15) is 0 Å². The molecule has 0 fully saturated rings. The number of aromatic hydroxyl groups is 1. The fraction of sp³-hybridized carbons (Fsp3) is 0.308. The van der Waals surface area contributed by atoms with Crippen molar-refractivity contribution in [1.29, 1.82) is 0 Å². The van der Waals surface area contributed by atoms with Crippen molar-refractivity contribution in [1.82, 2.24) is 15.0 Å². The van der Waals surface area contributed by atoms with Crippen molar-refractivity contribution in [3.05, 3.63) is 36.2 Å². The van der Waals surface area contributed by atoms with Crippen LogP contribution in [0, 0.1) is 5.41 Å². The normalized spacial score (nSPS) is 11.5. The van der Waals surface area contributed by atoms with E-state index in [2.05, 4.69) is 10.3 Å². The first kappa shape index (κ1) is 13.1. The molecule has 1 aromatic heterocycles. The molecular weight excluding hydrogens is 246 g/mol. The minimum Gasteiger partial charge on any atom is -0.508 e. The lowest BCUT2D eigenvalue weighted by molar-refractivity contribution is -0.146. The van der Waals surface area contributed by atoms with Crippen LogP contribution in [0.4, 0.5) is 0 Å². The third-order valence-electron chi connectivity index (χ3n) is 2.92. The zero-order chi connectivity index (χ0) is 14.0. The van der Waals surface area contributed by atoms with Crippen LogP contribution in [0.15, 0.2) is 30.5 Å². The molecule has 6 nitrogen and oxygen atoms in total. The van der Waals surface area contributed by atoms with E-state index >= 15 is 0 Å². The average molecular weight is 261 g/mol. The van der Waals surface area contributed by atoms with Gasteiger partial charge in [-0.1, -0.05) is 5.21 Å². The maximum Gasteiger partial charge on any atom is 0.309 e. The van der Waals surface area contributed by atoms with Crippen molar-refractivity contribution < 1.29 is 15.0 Å². The third-order valence-corrected chi connectivity index (χ3v) is 2.92. The molecule has 0 bridgehead atoms. The molecule has 2 N–H and O–H groups in total. The monoisotopic (exact) mass is 261 g/mol. The predicted molar refractivity (Wildman–Crippen MR) is 68.1 cm³/mol. The number of aliphatic carboxylic acids is 1. The molecule has 1 heterocycles. The minimum absolute atomic E-state index is 0.163. The standard InChI is InChI=1S/C13H15N3O3/c1-13(2,12(18)19)7-10-8-14-15-16(10)9-3-5-11(17)6-4-9/h3-6,8,17H,7H2,1-2H3,(H,18,19). The number of nitrogens with zero attached hydrogens (tertiary/aromatic N) is 3. The number of phenolic OH excluding ortho intramolecular Hbond substituents is 1. The van der Waals surface area contributed by atoms with Crippen LogP contribution in [0.25, 0.3) is 5.69 Å². The van der Waals surface area contributed by atoms with E-state index in [4.69, 9.17) is 5.11 Å².